The number of para-hydroxylation sites is 1. The van der Waals surface area contributed by atoms with E-state index in [2.05, 4.69) is 10.1 Å². The van der Waals surface area contributed by atoms with Crippen molar-refractivity contribution in [1.82, 2.24) is 24.4 Å². The minimum absolute atomic E-state index is 0.137. The molecule has 0 atom stereocenters. The number of carbonyl (C=O) groups is 2. The molecule has 10 heteroatoms. The van der Waals surface area contributed by atoms with Crippen molar-refractivity contribution in [2.75, 3.05) is 13.1 Å². The van der Waals surface area contributed by atoms with Gasteiger partial charge in [-0.25, -0.2) is 14.3 Å². The van der Waals surface area contributed by atoms with Gasteiger partial charge in [0.2, 0.25) is 0 Å². The van der Waals surface area contributed by atoms with Gasteiger partial charge in [-0.2, -0.15) is 5.10 Å². The van der Waals surface area contributed by atoms with E-state index < -0.39 is 5.60 Å². The molecular formula is C25H28ClN5O4. The predicted octanol–water partition coefficient (Wildman–Crippen LogP) is 4.15. The lowest BCUT2D eigenvalue weighted by molar-refractivity contribution is -0.0224. The summed E-state index contributed by atoms with van der Waals surface area (Å²) in [5, 5.41) is 5.26. The van der Waals surface area contributed by atoms with Gasteiger partial charge >= 0.3 is 6.09 Å². The standard InChI is InChI=1S/C25H28ClN5O4/c1-14-21(26)15(2)31-22(27-14)18-12-29(13-19(18)28-31)23(32)17-8-6-7-9-20(17)34-16-10-30(11-16)24(33)35-25(3,4)5/h6-9,16H,10-13H2,1-5H3. The van der Waals surface area contributed by atoms with E-state index in [4.69, 9.17) is 21.1 Å². The Morgan fingerprint density at radius 1 is 1.09 bits per heavy atom. The second-order valence-electron chi connectivity index (χ2n) is 10.0. The van der Waals surface area contributed by atoms with Gasteiger partial charge in [0.05, 0.1) is 53.8 Å². The number of carbonyl (C=O) groups excluding carboxylic acids is 2. The van der Waals surface area contributed by atoms with E-state index in [1.165, 1.54) is 0 Å². The number of aryl methyl sites for hydroxylation is 2. The van der Waals surface area contributed by atoms with Gasteiger partial charge in [0.25, 0.3) is 5.91 Å². The molecule has 2 amide bonds. The zero-order valence-electron chi connectivity index (χ0n) is 20.5. The zero-order chi connectivity index (χ0) is 25.1. The molecule has 2 aliphatic heterocycles. The SMILES string of the molecule is Cc1nc2c3c(nn2c(C)c1Cl)CN(C(=O)c1ccccc1OC1CN(C(=O)OC(C)(C)C)C1)C3. The lowest BCUT2D eigenvalue weighted by Crippen LogP contribution is -2.57. The van der Waals surface area contributed by atoms with Crippen molar-refractivity contribution in [2.24, 2.45) is 0 Å². The Labute approximate surface area is 208 Å². The average Bonchev–Trinajstić information content (AvgIpc) is 3.32. The molecule has 0 N–H and O–H groups in total. The molecule has 9 nitrogen and oxygen atoms in total. The highest BCUT2D eigenvalue weighted by atomic mass is 35.5. The molecule has 0 spiro atoms. The number of hydrogen-bond donors (Lipinski definition) is 0. The Hall–Kier alpha value is -3.33. The first kappa shape index (κ1) is 23.4. The Kier molecular flexibility index (Phi) is 5.62. The van der Waals surface area contributed by atoms with E-state index >= 15 is 0 Å². The number of nitrogens with zero attached hydrogens (tertiary/aromatic N) is 5. The maximum Gasteiger partial charge on any atom is 0.410 e. The Bertz CT molecular complexity index is 1340. The maximum atomic E-state index is 13.5. The highest BCUT2D eigenvalue weighted by Crippen LogP contribution is 2.32. The highest BCUT2D eigenvalue weighted by molar-refractivity contribution is 6.31. The van der Waals surface area contributed by atoms with Crippen molar-refractivity contribution in [3.05, 3.63) is 57.5 Å². The normalized spacial score (nSPS) is 15.8. The molecule has 5 rings (SSSR count). The minimum Gasteiger partial charge on any atom is -0.486 e. The number of hydrogen-bond acceptors (Lipinski definition) is 6. The van der Waals surface area contributed by atoms with Crippen LogP contribution in [0.4, 0.5) is 4.79 Å². The van der Waals surface area contributed by atoms with Crippen molar-refractivity contribution in [1.29, 1.82) is 0 Å². The van der Waals surface area contributed by atoms with Crippen LogP contribution in [0.2, 0.25) is 5.02 Å². The third kappa shape index (κ3) is 4.29. The summed E-state index contributed by atoms with van der Waals surface area (Å²) in [6.07, 6.45) is -0.557. The van der Waals surface area contributed by atoms with E-state index in [1.54, 1.807) is 26.4 Å². The Morgan fingerprint density at radius 3 is 2.51 bits per heavy atom. The van der Waals surface area contributed by atoms with Gasteiger partial charge in [-0.3, -0.25) is 4.79 Å². The first-order valence-corrected chi connectivity index (χ1v) is 12.0. The van der Waals surface area contributed by atoms with Crippen molar-refractivity contribution in [3.8, 4) is 5.75 Å². The van der Waals surface area contributed by atoms with Gasteiger partial charge in [-0.05, 0) is 46.8 Å². The summed E-state index contributed by atoms with van der Waals surface area (Å²) in [6, 6.07) is 7.20. The van der Waals surface area contributed by atoms with Gasteiger partial charge in [0.1, 0.15) is 17.5 Å². The van der Waals surface area contributed by atoms with Gasteiger partial charge in [-0.15, -0.1) is 0 Å². The second kappa shape index (κ2) is 8.41. The van der Waals surface area contributed by atoms with Crippen LogP contribution in [-0.4, -0.2) is 61.2 Å². The molecule has 3 aromatic rings. The summed E-state index contributed by atoms with van der Waals surface area (Å²) in [6.45, 7) is 10.9. The topological polar surface area (TPSA) is 89.3 Å². The Balaban J connectivity index is 1.28. The zero-order valence-corrected chi connectivity index (χ0v) is 21.2. The number of ether oxygens (including phenoxy) is 2. The highest BCUT2D eigenvalue weighted by Gasteiger charge is 2.36. The molecule has 0 unspecified atom stereocenters. The monoisotopic (exact) mass is 497 g/mol. The summed E-state index contributed by atoms with van der Waals surface area (Å²) in [4.78, 5) is 33.6. The van der Waals surface area contributed by atoms with Gasteiger partial charge < -0.3 is 19.3 Å². The summed E-state index contributed by atoms with van der Waals surface area (Å²) >= 11 is 6.34. The number of halogens is 1. The van der Waals surface area contributed by atoms with Crippen LogP contribution in [0.5, 0.6) is 5.75 Å². The number of rotatable bonds is 3. The third-order valence-corrected chi connectivity index (χ3v) is 6.70. The van der Waals surface area contributed by atoms with Crippen molar-refractivity contribution >= 4 is 29.2 Å². The molecule has 35 heavy (non-hydrogen) atoms. The molecule has 0 aliphatic carbocycles. The average molecular weight is 498 g/mol. The van der Waals surface area contributed by atoms with Crippen LogP contribution in [0.1, 0.15) is 53.8 Å². The molecule has 0 radical (unpaired) electrons. The van der Waals surface area contributed by atoms with Crippen molar-refractivity contribution in [3.63, 3.8) is 0 Å². The molecule has 184 valence electrons. The third-order valence-electron chi connectivity index (χ3n) is 6.15. The maximum absolute atomic E-state index is 13.5. The van der Waals surface area contributed by atoms with Crippen LogP contribution in [0, 0.1) is 13.8 Å². The van der Waals surface area contributed by atoms with Gasteiger partial charge in [0.15, 0.2) is 5.65 Å². The molecule has 0 bridgehead atoms. The van der Waals surface area contributed by atoms with Crippen LogP contribution < -0.4 is 4.74 Å². The first-order chi connectivity index (χ1) is 16.5. The summed E-state index contributed by atoms with van der Waals surface area (Å²) < 4.78 is 13.3. The van der Waals surface area contributed by atoms with Crippen LogP contribution in [-0.2, 0) is 17.8 Å². The summed E-state index contributed by atoms with van der Waals surface area (Å²) in [5.41, 5.74) is 4.00. The minimum atomic E-state index is -0.545. The van der Waals surface area contributed by atoms with Gasteiger partial charge in [0, 0.05) is 5.56 Å². The van der Waals surface area contributed by atoms with Crippen LogP contribution >= 0.6 is 11.6 Å². The number of likely N-dealkylation sites (tertiary alicyclic amines) is 1. The van der Waals surface area contributed by atoms with Crippen molar-refractivity contribution < 1.29 is 19.1 Å². The lowest BCUT2D eigenvalue weighted by atomic mass is 10.1. The quantitative estimate of drug-likeness (QED) is 0.540. The molecular weight excluding hydrogens is 470 g/mol. The van der Waals surface area contributed by atoms with Gasteiger partial charge in [-0.1, -0.05) is 23.7 Å². The van der Waals surface area contributed by atoms with Crippen LogP contribution in [0.25, 0.3) is 5.65 Å². The number of aromatic nitrogens is 3. The molecule has 1 fully saturated rings. The predicted molar refractivity (Wildman–Crippen MR) is 130 cm³/mol. The van der Waals surface area contributed by atoms with E-state index in [-0.39, 0.29) is 18.1 Å². The number of amides is 2. The summed E-state index contributed by atoms with van der Waals surface area (Å²) in [7, 11) is 0. The second-order valence-corrected chi connectivity index (χ2v) is 10.4. The molecule has 2 aliphatic rings. The molecule has 4 heterocycles. The number of fused-ring (bicyclic) bond motifs is 3. The van der Waals surface area contributed by atoms with E-state index in [0.717, 1.165) is 28.3 Å². The van der Waals surface area contributed by atoms with E-state index in [9.17, 15) is 9.59 Å². The molecule has 1 aromatic carbocycles. The number of benzene rings is 1. The Morgan fingerprint density at radius 2 is 1.80 bits per heavy atom. The van der Waals surface area contributed by atoms with Crippen molar-refractivity contribution in [2.45, 2.75) is 59.4 Å². The van der Waals surface area contributed by atoms with E-state index in [1.807, 2.05) is 46.8 Å². The van der Waals surface area contributed by atoms with Crippen LogP contribution in [0.3, 0.4) is 0 Å². The largest absolute Gasteiger partial charge is 0.486 e. The fraction of sp³-hybridized carbons (Fsp3) is 0.440. The summed E-state index contributed by atoms with van der Waals surface area (Å²) in [5.74, 6) is 0.365. The fourth-order valence-corrected chi connectivity index (χ4v) is 4.46. The molecule has 1 saturated heterocycles. The van der Waals surface area contributed by atoms with Crippen LogP contribution in [0.15, 0.2) is 24.3 Å². The first-order valence-electron chi connectivity index (χ1n) is 11.6. The lowest BCUT2D eigenvalue weighted by Gasteiger charge is -2.39. The molecule has 0 saturated carbocycles. The molecule has 2 aromatic heterocycles. The smallest absolute Gasteiger partial charge is 0.410 e. The fourth-order valence-electron chi connectivity index (χ4n) is 4.34. The van der Waals surface area contributed by atoms with E-state index in [0.29, 0.717) is 42.5 Å².